The Hall–Kier alpha value is -1.12. The van der Waals surface area contributed by atoms with Gasteiger partial charge in [-0.05, 0) is 26.2 Å². The Kier molecular flexibility index (Phi) is 4.36. The molecule has 0 aromatic carbocycles. The Labute approximate surface area is 84.1 Å². The molecule has 3 nitrogen and oxygen atoms in total. The fraction of sp³-hybridized carbons (Fsp3) is 0.636. The van der Waals surface area contributed by atoms with Gasteiger partial charge in [0.05, 0.1) is 6.61 Å². The van der Waals surface area contributed by atoms with E-state index in [9.17, 15) is 9.59 Å². The lowest BCUT2D eigenvalue weighted by Crippen LogP contribution is -2.05. The number of Topliss-reactive ketones (excluding diaryl/α,β-unsaturated/α-hetero) is 1. The molecular formula is C11H16O3. The number of carbonyl (C=O) groups excluding carboxylic acids is 2. The predicted octanol–water partition coefficient (Wildman–Crippen LogP) is 1.86. The summed E-state index contributed by atoms with van der Waals surface area (Å²) in [5.41, 5.74) is 0. The molecule has 0 aromatic rings. The minimum absolute atomic E-state index is 0.140. The van der Waals surface area contributed by atoms with Crippen LogP contribution in [0.25, 0.3) is 0 Å². The van der Waals surface area contributed by atoms with Crippen LogP contribution in [0.15, 0.2) is 12.2 Å². The summed E-state index contributed by atoms with van der Waals surface area (Å²) >= 11 is 0. The van der Waals surface area contributed by atoms with Gasteiger partial charge in [0, 0.05) is 18.4 Å². The number of carbonyl (C=O) groups is 2. The van der Waals surface area contributed by atoms with Crippen molar-refractivity contribution in [3.63, 3.8) is 0 Å². The van der Waals surface area contributed by atoms with Crippen molar-refractivity contribution in [3.05, 3.63) is 12.2 Å². The lowest BCUT2D eigenvalue weighted by atomic mass is 10.0. The third-order valence-electron chi connectivity index (χ3n) is 2.39. The summed E-state index contributed by atoms with van der Waals surface area (Å²) in [7, 11) is 0. The topological polar surface area (TPSA) is 43.4 Å². The minimum Gasteiger partial charge on any atom is -0.463 e. The maximum Gasteiger partial charge on any atom is 0.330 e. The number of hydrogen-bond donors (Lipinski definition) is 0. The molecule has 1 aliphatic rings. The minimum atomic E-state index is -0.321. The molecule has 3 heteroatoms. The second-order valence-corrected chi connectivity index (χ2v) is 3.45. The van der Waals surface area contributed by atoms with E-state index in [-0.39, 0.29) is 11.9 Å². The first-order valence-corrected chi connectivity index (χ1v) is 5.10. The molecule has 0 spiro atoms. The van der Waals surface area contributed by atoms with E-state index >= 15 is 0 Å². The van der Waals surface area contributed by atoms with Crippen molar-refractivity contribution in [2.45, 2.75) is 32.6 Å². The van der Waals surface area contributed by atoms with Gasteiger partial charge in [0.15, 0.2) is 0 Å². The maximum atomic E-state index is 11.2. The van der Waals surface area contributed by atoms with E-state index in [1.54, 1.807) is 13.0 Å². The Balaban J connectivity index is 2.25. The summed E-state index contributed by atoms with van der Waals surface area (Å²) in [4.78, 5) is 22.1. The van der Waals surface area contributed by atoms with Crippen molar-refractivity contribution in [3.8, 4) is 0 Å². The molecule has 0 N–H and O–H groups in total. The third-order valence-corrected chi connectivity index (χ3v) is 2.39. The number of esters is 1. The molecule has 1 rings (SSSR count). The van der Waals surface area contributed by atoms with Gasteiger partial charge in [-0.1, -0.05) is 6.08 Å². The second-order valence-electron chi connectivity index (χ2n) is 3.45. The largest absolute Gasteiger partial charge is 0.463 e. The summed E-state index contributed by atoms with van der Waals surface area (Å²) in [5.74, 6) is 0.150. The van der Waals surface area contributed by atoms with Crippen molar-refractivity contribution in [2.24, 2.45) is 5.92 Å². The van der Waals surface area contributed by atoms with E-state index < -0.39 is 0 Å². The van der Waals surface area contributed by atoms with Crippen LogP contribution in [-0.4, -0.2) is 18.4 Å². The summed E-state index contributed by atoms with van der Waals surface area (Å²) in [5, 5.41) is 0. The number of ketones is 1. The monoisotopic (exact) mass is 196 g/mol. The molecule has 0 heterocycles. The number of rotatable bonds is 4. The van der Waals surface area contributed by atoms with Crippen LogP contribution in [0.1, 0.15) is 32.6 Å². The molecule has 0 amide bonds. The number of hydrogen-bond acceptors (Lipinski definition) is 3. The molecule has 1 fully saturated rings. The van der Waals surface area contributed by atoms with Gasteiger partial charge < -0.3 is 4.74 Å². The van der Waals surface area contributed by atoms with E-state index in [1.165, 1.54) is 6.08 Å². The fourth-order valence-corrected chi connectivity index (χ4v) is 1.66. The molecule has 0 radical (unpaired) electrons. The van der Waals surface area contributed by atoms with Crippen molar-refractivity contribution in [2.75, 3.05) is 6.61 Å². The van der Waals surface area contributed by atoms with E-state index in [4.69, 9.17) is 4.74 Å². The molecule has 0 bridgehead atoms. The Morgan fingerprint density at radius 1 is 1.64 bits per heavy atom. The van der Waals surface area contributed by atoms with Gasteiger partial charge in [0.2, 0.25) is 0 Å². The number of ether oxygens (including phenoxy) is 1. The molecule has 1 saturated carbocycles. The van der Waals surface area contributed by atoms with Crippen LogP contribution in [0.3, 0.4) is 0 Å². The first-order valence-electron chi connectivity index (χ1n) is 5.10. The zero-order chi connectivity index (χ0) is 10.4. The van der Waals surface area contributed by atoms with Crippen LogP contribution < -0.4 is 0 Å². The molecular weight excluding hydrogens is 180 g/mol. The van der Waals surface area contributed by atoms with Gasteiger partial charge in [0.1, 0.15) is 5.78 Å². The molecule has 1 aliphatic carbocycles. The lowest BCUT2D eigenvalue weighted by Gasteiger charge is -2.01. The molecule has 0 saturated heterocycles. The Bertz CT molecular complexity index is 243. The number of allylic oxidation sites excluding steroid dienone is 1. The maximum absolute atomic E-state index is 11.2. The van der Waals surface area contributed by atoms with Gasteiger partial charge in [0.25, 0.3) is 0 Å². The van der Waals surface area contributed by atoms with Crippen molar-refractivity contribution in [1.29, 1.82) is 0 Å². The highest BCUT2D eigenvalue weighted by molar-refractivity contribution is 5.84. The van der Waals surface area contributed by atoms with Crippen LogP contribution in [-0.2, 0) is 14.3 Å². The fourth-order valence-electron chi connectivity index (χ4n) is 1.66. The summed E-state index contributed by atoms with van der Waals surface area (Å²) in [6.45, 7) is 2.16. The van der Waals surface area contributed by atoms with Crippen molar-refractivity contribution >= 4 is 11.8 Å². The zero-order valence-electron chi connectivity index (χ0n) is 8.49. The van der Waals surface area contributed by atoms with Crippen LogP contribution in [0.4, 0.5) is 0 Å². The second kappa shape index (κ2) is 5.58. The standard InChI is InChI=1S/C11H16O3/c1-2-14-11(13)8-4-6-9-5-3-7-10(9)12/h4,8-9H,2-3,5-7H2,1H3/b8-4+. The molecule has 0 aliphatic heterocycles. The average Bonchev–Trinajstić information content (AvgIpc) is 2.52. The third kappa shape index (κ3) is 3.32. The highest BCUT2D eigenvalue weighted by Crippen LogP contribution is 2.24. The van der Waals surface area contributed by atoms with Crippen molar-refractivity contribution < 1.29 is 14.3 Å². The van der Waals surface area contributed by atoms with Gasteiger partial charge in [-0.2, -0.15) is 0 Å². The smallest absolute Gasteiger partial charge is 0.330 e. The molecule has 1 atom stereocenters. The lowest BCUT2D eigenvalue weighted by molar-refractivity contribution is -0.137. The molecule has 78 valence electrons. The average molecular weight is 196 g/mol. The highest BCUT2D eigenvalue weighted by atomic mass is 16.5. The summed E-state index contributed by atoms with van der Waals surface area (Å²) < 4.78 is 4.72. The molecule has 14 heavy (non-hydrogen) atoms. The van der Waals surface area contributed by atoms with Crippen LogP contribution in [0, 0.1) is 5.92 Å². The van der Waals surface area contributed by atoms with Gasteiger partial charge in [-0.15, -0.1) is 0 Å². The van der Waals surface area contributed by atoms with Crippen LogP contribution in [0.2, 0.25) is 0 Å². The van der Waals surface area contributed by atoms with Gasteiger partial charge in [-0.25, -0.2) is 4.79 Å². The summed E-state index contributed by atoms with van der Waals surface area (Å²) in [6.07, 6.45) is 6.50. The highest BCUT2D eigenvalue weighted by Gasteiger charge is 2.22. The quantitative estimate of drug-likeness (QED) is 0.509. The van der Waals surface area contributed by atoms with E-state index in [2.05, 4.69) is 0 Å². The SMILES string of the molecule is CCOC(=O)/C=C/CC1CCCC1=O. The van der Waals surface area contributed by atoms with Gasteiger partial charge >= 0.3 is 5.97 Å². The predicted molar refractivity (Wildman–Crippen MR) is 52.7 cm³/mol. The molecule has 1 unspecified atom stereocenters. The van der Waals surface area contributed by atoms with E-state index in [0.29, 0.717) is 25.2 Å². The Morgan fingerprint density at radius 3 is 3.00 bits per heavy atom. The van der Waals surface area contributed by atoms with Crippen molar-refractivity contribution in [1.82, 2.24) is 0 Å². The first kappa shape index (κ1) is 11.0. The normalized spacial score (nSPS) is 21.8. The van der Waals surface area contributed by atoms with Gasteiger partial charge in [-0.3, -0.25) is 4.79 Å². The van der Waals surface area contributed by atoms with E-state index in [0.717, 1.165) is 12.8 Å². The zero-order valence-corrected chi connectivity index (χ0v) is 8.49. The first-order chi connectivity index (χ1) is 6.74. The van der Waals surface area contributed by atoms with Crippen LogP contribution in [0.5, 0.6) is 0 Å². The van der Waals surface area contributed by atoms with Crippen LogP contribution >= 0.6 is 0 Å². The molecule has 0 aromatic heterocycles. The van der Waals surface area contributed by atoms with E-state index in [1.807, 2.05) is 0 Å². The Morgan fingerprint density at radius 2 is 2.43 bits per heavy atom. The summed E-state index contributed by atoms with van der Waals surface area (Å²) in [6, 6.07) is 0.